The summed E-state index contributed by atoms with van der Waals surface area (Å²) in [6.45, 7) is 0.737. The number of fused-ring (bicyclic) bond motifs is 1. The lowest BCUT2D eigenvalue weighted by atomic mass is 10.1. The molecule has 0 aliphatic heterocycles. The number of anilines is 1. The molecule has 1 N–H and O–H groups in total. The highest BCUT2D eigenvalue weighted by Gasteiger charge is 2.17. The second-order valence-electron chi connectivity index (χ2n) is 7.22. The molecule has 0 spiro atoms. The first-order valence-electron chi connectivity index (χ1n) is 10.2. The van der Waals surface area contributed by atoms with Crippen LogP contribution in [-0.4, -0.2) is 31.5 Å². The molecule has 0 aliphatic carbocycles. The van der Waals surface area contributed by atoms with E-state index in [0.29, 0.717) is 17.2 Å². The van der Waals surface area contributed by atoms with Gasteiger partial charge in [-0.2, -0.15) is 0 Å². The molecule has 158 valence electrons. The van der Waals surface area contributed by atoms with Crippen molar-refractivity contribution in [3.05, 3.63) is 84.3 Å². The van der Waals surface area contributed by atoms with Crippen molar-refractivity contribution in [1.82, 2.24) is 24.9 Å². The number of thiophene rings is 1. The van der Waals surface area contributed by atoms with Crippen molar-refractivity contribution in [3.8, 4) is 22.5 Å². The van der Waals surface area contributed by atoms with Crippen LogP contribution in [0.15, 0.2) is 72.9 Å². The smallest absolute Gasteiger partial charge is 0.165 e. The average Bonchev–Trinajstić information content (AvgIpc) is 3.27. The van der Waals surface area contributed by atoms with Crippen molar-refractivity contribution in [3.63, 3.8) is 0 Å². The molecule has 32 heavy (non-hydrogen) atoms. The molecule has 0 atom stereocenters. The second kappa shape index (κ2) is 9.15. The first-order chi connectivity index (χ1) is 15.8. The number of nitrogens with zero attached hydrogens (tertiary/aromatic N) is 5. The third-order valence-electron chi connectivity index (χ3n) is 5.08. The van der Waals surface area contributed by atoms with Crippen molar-refractivity contribution in [2.24, 2.45) is 0 Å². The number of aryl methyl sites for hydroxylation is 1. The molecule has 0 radical (unpaired) electrons. The van der Waals surface area contributed by atoms with Crippen LogP contribution in [0.4, 0.5) is 10.2 Å². The van der Waals surface area contributed by atoms with E-state index in [1.807, 2.05) is 23.6 Å². The summed E-state index contributed by atoms with van der Waals surface area (Å²) in [7, 11) is 0. The molecule has 0 bridgehead atoms. The Balaban J connectivity index is 1.50. The fourth-order valence-electron chi connectivity index (χ4n) is 3.50. The lowest BCUT2D eigenvalue weighted by molar-refractivity contribution is 0.623. The molecule has 4 aromatic heterocycles. The SMILES string of the molecule is Fc1cnccc1-c1nc(NCCCc2ccccc2)c2scc(-c3cncnc3)c2n1. The van der Waals surface area contributed by atoms with Crippen molar-refractivity contribution in [1.29, 1.82) is 0 Å². The minimum atomic E-state index is -0.457. The van der Waals surface area contributed by atoms with Gasteiger partial charge in [0, 0.05) is 41.6 Å². The summed E-state index contributed by atoms with van der Waals surface area (Å²) in [6.07, 6.45) is 9.61. The van der Waals surface area contributed by atoms with Gasteiger partial charge in [0.15, 0.2) is 11.6 Å². The zero-order valence-corrected chi connectivity index (χ0v) is 17.9. The fraction of sp³-hybridized carbons (Fsp3) is 0.125. The summed E-state index contributed by atoms with van der Waals surface area (Å²) < 4.78 is 15.4. The van der Waals surface area contributed by atoms with E-state index in [4.69, 9.17) is 4.98 Å². The molecule has 0 saturated heterocycles. The monoisotopic (exact) mass is 442 g/mol. The number of hydrogen-bond donors (Lipinski definition) is 1. The van der Waals surface area contributed by atoms with Crippen molar-refractivity contribution >= 4 is 27.4 Å². The Morgan fingerprint density at radius 2 is 1.75 bits per heavy atom. The van der Waals surface area contributed by atoms with E-state index in [1.54, 1.807) is 36.0 Å². The quantitative estimate of drug-likeness (QED) is 0.340. The summed E-state index contributed by atoms with van der Waals surface area (Å²) in [4.78, 5) is 21.5. The number of halogens is 1. The first-order valence-corrected chi connectivity index (χ1v) is 11.1. The normalized spacial score (nSPS) is 11.0. The molecule has 0 fully saturated rings. The van der Waals surface area contributed by atoms with E-state index in [-0.39, 0.29) is 0 Å². The van der Waals surface area contributed by atoms with Crippen molar-refractivity contribution < 1.29 is 4.39 Å². The number of rotatable bonds is 7. The molecule has 1 aromatic carbocycles. The van der Waals surface area contributed by atoms with Gasteiger partial charge in [-0.1, -0.05) is 30.3 Å². The van der Waals surface area contributed by atoms with Crippen LogP contribution in [0.25, 0.3) is 32.7 Å². The van der Waals surface area contributed by atoms with E-state index in [1.165, 1.54) is 18.1 Å². The zero-order valence-electron chi connectivity index (χ0n) is 17.1. The van der Waals surface area contributed by atoms with Crippen LogP contribution in [0.2, 0.25) is 0 Å². The predicted octanol–water partition coefficient (Wildman–Crippen LogP) is 5.39. The lowest BCUT2D eigenvalue weighted by Gasteiger charge is -2.10. The molecule has 0 unspecified atom stereocenters. The first kappa shape index (κ1) is 20.1. The largest absolute Gasteiger partial charge is 0.369 e. The third kappa shape index (κ3) is 4.17. The Morgan fingerprint density at radius 1 is 0.906 bits per heavy atom. The number of aromatic nitrogens is 5. The highest BCUT2D eigenvalue weighted by Crippen LogP contribution is 2.37. The van der Waals surface area contributed by atoms with Gasteiger partial charge in [-0.15, -0.1) is 11.3 Å². The Morgan fingerprint density at radius 3 is 2.56 bits per heavy atom. The highest BCUT2D eigenvalue weighted by atomic mass is 32.1. The van der Waals surface area contributed by atoms with Gasteiger partial charge in [0.05, 0.1) is 22.0 Å². The Labute approximate surface area is 188 Å². The molecular formula is C24H19FN6S. The summed E-state index contributed by atoms with van der Waals surface area (Å²) in [5.74, 6) is 0.559. The second-order valence-corrected chi connectivity index (χ2v) is 8.10. The molecule has 6 nitrogen and oxygen atoms in total. The minimum absolute atomic E-state index is 0.315. The van der Waals surface area contributed by atoms with E-state index in [0.717, 1.165) is 40.7 Å². The average molecular weight is 443 g/mol. The minimum Gasteiger partial charge on any atom is -0.369 e. The van der Waals surface area contributed by atoms with E-state index < -0.39 is 5.82 Å². The van der Waals surface area contributed by atoms with Gasteiger partial charge in [0.1, 0.15) is 12.1 Å². The van der Waals surface area contributed by atoms with Crippen molar-refractivity contribution in [2.45, 2.75) is 12.8 Å². The number of hydrogen-bond acceptors (Lipinski definition) is 7. The van der Waals surface area contributed by atoms with Gasteiger partial charge in [-0.05, 0) is 24.5 Å². The van der Waals surface area contributed by atoms with E-state index in [9.17, 15) is 4.39 Å². The molecular weight excluding hydrogens is 423 g/mol. The zero-order chi connectivity index (χ0) is 21.8. The Bertz CT molecular complexity index is 1340. The van der Waals surface area contributed by atoms with E-state index in [2.05, 4.69) is 37.4 Å². The highest BCUT2D eigenvalue weighted by molar-refractivity contribution is 7.18. The van der Waals surface area contributed by atoms with Crippen LogP contribution in [0.5, 0.6) is 0 Å². The molecule has 8 heteroatoms. The Kier molecular flexibility index (Phi) is 5.76. The van der Waals surface area contributed by atoms with Gasteiger partial charge in [-0.3, -0.25) is 4.98 Å². The summed E-state index contributed by atoms with van der Waals surface area (Å²) >= 11 is 1.55. The van der Waals surface area contributed by atoms with Crippen molar-refractivity contribution in [2.75, 3.05) is 11.9 Å². The van der Waals surface area contributed by atoms with E-state index >= 15 is 0 Å². The summed E-state index contributed by atoms with van der Waals surface area (Å²) in [5.41, 5.74) is 4.11. The number of pyridine rings is 1. The van der Waals surface area contributed by atoms with Crippen LogP contribution in [0, 0.1) is 5.82 Å². The summed E-state index contributed by atoms with van der Waals surface area (Å²) in [5, 5.41) is 5.46. The van der Waals surface area contributed by atoms with Crippen LogP contribution < -0.4 is 5.32 Å². The fourth-order valence-corrected chi connectivity index (χ4v) is 4.48. The summed E-state index contributed by atoms with van der Waals surface area (Å²) in [6, 6.07) is 12.0. The molecule has 0 saturated carbocycles. The van der Waals surface area contributed by atoms with Gasteiger partial charge < -0.3 is 5.32 Å². The lowest BCUT2D eigenvalue weighted by Crippen LogP contribution is -2.06. The Hall–Kier alpha value is -3.78. The van der Waals surface area contributed by atoms with Crippen LogP contribution >= 0.6 is 11.3 Å². The third-order valence-corrected chi connectivity index (χ3v) is 6.05. The van der Waals surface area contributed by atoms with Crippen LogP contribution in [0.3, 0.4) is 0 Å². The molecule has 4 heterocycles. The van der Waals surface area contributed by atoms with Gasteiger partial charge in [-0.25, -0.2) is 24.3 Å². The van der Waals surface area contributed by atoms with Gasteiger partial charge in [0.2, 0.25) is 0 Å². The topological polar surface area (TPSA) is 76.5 Å². The maximum absolute atomic E-state index is 14.5. The molecule has 5 rings (SSSR count). The standard InChI is InChI=1S/C24H19FN6S/c25-20-13-26-10-8-18(20)23-30-21-19(17-11-27-15-28-12-17)14-32-22(21)24(31-23)29-9-4-7-16-5-2-1-3-6-16/h1-3,5-6,8,10-15H,4,7,9H2,(H,29,30,31). The van der Waals surface area contributed by atoms with Crippen LogP contribution in [-0.2, 0) is 6.42 Å². The molecule has 0 aliphatic rings. The molecule has 5 aromatic rings. The predicted molar refractivity (Wildman–Crippen MR) is 125 cm³/mol. The maximum atomic E-state index is 14.5. The van der Waals surface area contributed by atoms with Crippen LogP contribution in [0.1, 0.15) is 12.0 Å². The maximum Gasteiger partial charge on any atom is 0.165 e. The number of nitrogens with one attached hydrogen (secondary N) is 1. The van der Waals surface area contributed by atoms with Gasteiger partial charge >= 0.3 is 0 Å². The van der Waals surface area contributed by atoms with Gasteiger partial charge in [0.25, 0.3) is 0 Å². The molecule has 0 amide bonds. The number of benzene rings is 1.